The molecule has 0 aromatic rings. The number of alkyl halides is 3. The number of halogens is 3. The maximum absolute atomic E-state index is 12.7. The normalized spacial score (nSPS) is 20.2. The Kier molecular flexibility index (Phi) is 5.38. The monoisotopic (exact) mass is 296 g/mol. The predicted molar refractivity (Wildman–Crippen MR) is 65.1 cm³/mol. The summed E-state index contributed by atoms with van der Waals surface area (Å²) in [5, 5.41) is 13.1. The Morgan fingerprint density at radius 3 is 2.20 bits per heavy atom. The van der Waals surface area contributed by atoms with Crippen LogP contribution in [0.2, 0.25) is 0 Å². The number of carbonyl (C=O) groups is 2. The summed E-state index contributed by atoms with van der Waals surface area (Å²) in [4.78, 5) is 22.3. The Hall–Kier alpha value is -1.31. The fourth-order valence-corrected chi connectivity index (χ4v) is 2.08. The second-order valence-corrected chi connectivity index (χ2v) is 5.18. The molecular formula is C12H19F3N2O3. The Balaban J connectivity index is 2.51. The van der Waals surface area contributed by atoms with Crippen molar-refractivity contribution in [3.63, 3.8) is 0 Å². The molecule has 1 atom stereocenters. The van der Waals surface area contributed by atoms with Crippen molar-refractivity contribution in [3.05, 3.63) is 0 Å². The van der Waals surface area contributed by atoms with E-state index in [1.54, 1.807) is 5.32 Å². The maximum Gasteiger partial charge on any atom is 0.417 e. The van der Waals surface area contributed by atoms with Gasteiger partial charge in [-0.3, -0.25) is 10.1 Å². The lowest BCUT2D eigenvalue weighted by Gasteiger charge is -2.29. The number of carboxylic acids is 1. The van der Waals surface area contributed by atoms with Gasteiger partial charge in [-0.05, 0) is 19.8 Å². The summed E-state index contributed by atoms with van der Waals surface area (Å²) in [7, 11) is 0. The van der Waals surface area contributed by atoms with Gasteiger partial charge in [-0.1, -0.05) is 19.3 Å². The number of rotatable bonds is 5. The molecule has 0 aliphatic heterocycles. The average Bonchev–Trinajstić information content (AvgIpc) is 2.35. The summed E-state index contributed by atoms with van der Waals surface area (Å²) in [5.41, 5.74) is -3.13. The van der Waals surface area contributed by atoms with E-state index < -0.39 is 30.1 Å². The second kappa shape index (κ2) is 6.43. The van der Waals surface area contributed by atoms with Crippen molar-refractivity contribution in [1.82, 2.24) is 10.6 Å². The van der Waals surface area contributed by atoms with Crippen LogP contribution >= 0.6 is 0 Å². The van der Waals surface area contributed by atoms with Gasteiger partial charge < -0.3 is 10.4 Å². The highest BCUT2D eigenvalue weighted by Crippen LogP contribution is 2.30. The van der Waals surface area contributed by atoms with E-state index in [2.05, 4.69) is 5.32 Å². The first-order chi connectivity index (χ1) is 9.17. The number of aliphatic carboxylic acids is 1. The molecule has 0 spiro atoms. The number of carbonyl (C=O) groups excluding carboxylic acids is 1. The fraction of sp³-hybridized carbons (Fsp3) is 0.833. The highest BCUT2D eigenvalue weighted by Gasteiger charge is 2.57. The van der Waals surface area contributed by atoms with Crippen molar-refractivity contribution in [1.29, 1.82) is 0 Å². The van der Waals surface area contributed by atoms with Gasteiger partial charge in [-0.25, -0.2) is 4.79 Å². The summed E-state index contributed by atoms with van der Waals surface area (Å²) in [6, 6.07) is -0.0278. The number of nitrogens with one attached hydrogen (secondary N) is 2. The van der Waals surface area contributed by atoms with Crippen molar-refractivity contribution >= 4 is 11.9 Å². The van der Waals surface area contributed by atoms with Gasteiger partial charge in [-0.2, -0.15) is 13.2 Å². The van der Waals surface area contributed by atoms with E-state index in [-0.39, 0.29) is 6.04 Å². The molecule has 3 N–H and O–H groups in total. The van der Waals surface area contributed by atoms with E-state index in [0.29, 0.717) is 6.92 Å². The zero-order valence-electron chi connectivity index (χ0n) is 11.2. The lowest BCUT2D eigenvalue weighted by atomic mass is 9.95. The minimum absolute atomic E-state index is 0.0278. The molecule has 116 valence electrons. The Bertz CT molecular complexity index is 367. The third kappa shape index (κ3) is 4.09. The van der Waals surface area contributed by atoms with Gasteiger partial charge in [0.15, 0.2) is 0 Å². The van der Waals surface area contributed by atoms with Crippen molar-refractivity contribution in [3.8, 4) is 0 Å². The Labute approximate surface area is 114 Å². The van der Waals surface area contributed by atoms with Crippen LogP contribution in [-0.2, 0) is 9.59 Å². The lowest BCUT2D eigenvalue weighted by molar-refractivity contribution is -0.205. The fourth-order valence-electron chi connectivity index (χ4n) is 2.08. The minimum atomic E-state index is -4.98. The molecule has 0 saturated heterocycles. The minimum Gasteiger partial charge on any atom is -0.480 e. The summed E-state index contributed by atoms with van der Waals surface area (Å²) in [6.07, 6.45) is -0.316. The van der Waals surface area contributed by atoms with E-state index in [4.69, 9.17) is 5.11 Å². The van der Waals surface area contributed by atoms with Crippen LogP contribution in [0.3, 0.4) is 0 Å². The van der Waals surface area contributed by atoms with Crippen LogP contribution in [0.25, 0.3) is 0 Å². The first kappa shape index (κ1) is 16.7. The van der Waals surface area contributed by atoms with Crippen molar-refractivity contribution in [2.24, 2.45) is 0 Å². The average molecular weight is 296 g/mol. The summed E-state index contributed by atoms with van der Waals surface area (Å²) in [5.74, 6) is -2.68. The van der Waals surface area contributed by atoms with Crippen LogP contribution in [-0.4, -0.2) is 41.3 Å². The molecule has 1 unspecified atom stereocenters. The van der Waals surface area contributed by atoms with Gasteiger partial charge in [0.05, 0.1) is 6.54 Å². The van der Waals surface area contributed by atoms with Gasteiger partial charge in [0.1, 0.15) is 0 Å². The van der Waals surface area contributed by atoms with E-state index >= 15 is 0 Å². The van der Waals surface area contributed by atoms with E-state index in [9.17, 15) is 22.8 Å². The molecule has 8 heteroatoms. The smallest absolute Gasteiger partial charge is 0.417 e. The topological polar surface area (TPSA) is 78.4 Å². The van der Waals surface area contributed by atoms with Crippen LogP contribution < -0.4 is 10.6 Å². The zero-order chi connectivity index (χ0) is 15.4. The molecule has 0 aromatic heterocycles. The molecule has 1 amide bonds. The molecule has 1 rings (SSSR count). The molecule has 0 radical (unpaired) electrons. The molecule has 1 saturated carbocycles. The molecule has 20 heavy (non-hydrogen) atoms. The molecular weight excluding hydrogens is 277 g/mol. The zero-order valence-corrected chi connectivity index (χ0v) is 11.2. The summed E-state index contributed by atoms with van der Waals surface area (Å²) < 4.78 is 38.1. The van der Waals surface area contributed by atoms with Crippen LogP contribution in [0, 0.1) is 0 Å². The van der Waals surface area contributed by atoms with Gasteiger partial charge in [-0.15, -0.1) is 0 Å². The maximum atomic E-state index is 12.7. The van der Waals surface area contributed by atoms with Gasteiger partial charge >= 0.3 is 12.1 Å². The Morgan fingerprint density at radius 1 is 1.20 bits per heavy atom. The SMILES string of the molecule is CC(NCC(=O)NC1CCCCC1)(C(=O)O)C(F)(F)F. The number of hydrogen-bond acceptors (Lipinski definition) is 3. The van der Waals surface area contributed by atoms with Crippen LogP contribution in [0.15, 0.2) is 0 Å². The lowest BCUT2D eigenvalue weighted by Crippen LogP contribution is -2.62. The van der Waals surface area contributed by atoms with Crippen LogP contribution in [0.1, 0.15) is 39.0 Å². The third-order valence-corrected chi connectivity index (χ3v) is 3.57. The van der Waals surface area contributed by atoms with E-state index in [1.165, 1.54) is 0 Å². The molecule has 1 aliphatic rings. The molecule has 0 aromatic carbocycles. The molecule has 1 aliphatic carbocycles. The summed E-state index contributed by atoms with van der Waals surface area (Å²) >= 11 is 0. The summed E-state index contributed by atoms with van der Waals surface area (Å²) in [6.45, 7) is -0.179. The number of carboxylic acid groups (broad SMARTS) is 1. The van der Waals surface area contributed by atoms with Crippen LogP contribution in [0.4, 0.5) is 13.2 Å². The highest BCUT2D eigenvalue weighted by molar-refractivity contribution is 5.82. The van der Waals surface area contributed by atoms with E-state index in [1.807, 2.05) is 0 Å². The third-order valence-electron chi connectivity index (χ3n) is 3.57. The molecule has 0 bridgehead atoms. The first-order valence-electron chi connectivity index (χ1n) is 6.51. The van der Waals surface area contributed by atoms with Crippen molar-refractivity contribution in [2.75, 3.05) is 6.54 Å². The first-order valence-corrected chi connectivity index (χ1v) is 6.51. The second-order valence-electron chi connectivity index (χ2n) is 5.18. The standard InChI is InChI=1S/C12H19F3N2O3/c1-11(10(19)20,12(13,14)15)16-7-9(18)17-8-5-3-2-4-6-8/h8,16H,2-7H2,1H3,(H,17,18)(H,19,20). The molecule has 1 fully saturated rings. The molecule has 0 heterocycles. The van der Waals surface area contributed by atoms with Gasteiger partial charge in [0.2, 0.25) is 11.4 Å². The highest BCUT2D eigenvalue weighted by atomic mass is 19.4. The van der Waals surface area contributed by atoms with Crippen molar-refractivity contribution < 1.29 is 27.9 Å². The van der Waals surface area contributed by atoms with E-state index in [0.717, 1.165) is 32.1 Å². The largest absolute Gasteiger partial charge is 0.480 e. The Morgan fingerprint density at radius 2 is 1.75 bits per heavy atom. The van der Waals surface area contributed by atoms with Crippen LogP contribution in [0.5, 0.6) is 0 Å². The van der Waals surface area contributed by atoms with Gasteiger partial charge in [0.25, 0.3) is 0 Å². The quantitative estimate of drug-likeness (QED) is 0.717. The van der Waals surface area contributed by atoms with Crippen molar-refractivity contribution in [2.45, 2.75) is 56.8 Å². The number of amides is 1. The number of hydrogen-bond donors (Lipinski definition) is 3. The molecule has 5 nitrogen and oxygen atoms in total. The van der Waals surface area contributed by atoms with Gasteiger partial charge in [0, 0.05) is 6.04 Å². The predicted octanol–water partition coefficient (Wildman–Crippen LogP) is 1.43.